The van der Waals surface area contributed by atoms with Crippen LogP contribution in [0.2, 0.25) is 0 Å². The molecular formula is C30H29O8PS. The Morgan fingerprint density at radius 1 is 0.700 bits per heavy atom. The first kappa shape index (κ1) is 30.7. The maximum Gasteiger partial charge on any atom is 0.337 e. The smallest absolute Gasteiger partial charge is 0.337 e. The quantitative estimate of drug-likeness (QED) is 0.191. The van der Waals surface area contributed by atoms with E-state index in [0.717, 1.165) is 38.6 Å². The first-order chi connectivity index (χ1) is 19.2. The molecule has 4 aromatic rings. The summed E-state index contributed by atoms with van der Waals surface area (Å²) in [6.45, 7) is 0.187. The summed E-state index contributed by atoms with van der Waals surface area (Å²) in [4.78, 5) is 21.9. The maximum atomic E-state index is 11.3. The summed E-state index contributed by atoms with van der Waals surface area (Å²) < 4.78 is 41.5. The molecule has 0 atom stereocenters. The van der Waals surface area contributed by atoms with Gasteiger partial charge in [-0.05, 0) is 54.6 Å². The summed E-state index contributed by atoms with van der Waals surface area (Å²) in [7, 11) is -4.44. The zero-order valence-corrected chi connectivity index (χ0v) is 23.7. The molecule has 0 saturated heterocycles. The average Bonchev–Trinajstić information content (AvgIpc) is 3.00. The molecule has 0 radical (unpaired) electrons. The number of benzene rings is 4. The van der Waals surface area contributed by atoms with E-state index in [2.05, 4.69) is 82.3 Å². The number of aliphatic hydroxyl groups is 1. The van der Waals surface area contributed by atoms with Gasteiger partial charge in [0.05, 0.1) is 43.0 Å². The van der Waals surface area contributed by atoms with Gasteiger partial charge in [-0.3, -0.25) is 0 Å². The molecule has 0 saturated carbocycles. The van der Waals surface area contributed by atoms with Crippen molar-refractivity contribution in [3.05, 3.63) is 120 Å². The molecule has 4 rings (SSSR count). The molecule has 0 heterocycles. The third kappa shape index (κ3) is 7.20. The van der Waals surface area contributed by atoms with Gasteiger partial charge >= 0.3 is 11.9 Å². The lowest BCUT2D eigenvalue weighted by molar-refractivity contribution is 0.0598. The van der Waals surface area contributed by atoms with E-state index in [0.29, 0.717) is 0 Å². The second-order valence-electron chi connectivity index (χ2n) is 8.45. The van der Waals surface area contributed by atoms with Gasteiger partial charge in [-0.25, -0.2) is 18.0 Å². The number of aliphatic hydroxyl groups excluding tert-OH is 1. The average molecular weight is 581 g/mol. The molecule has 40 heavy (non-hydrogen) atoms. The molecule has 0 aromatic heterocycles. The number of carbonyl (C=O) groups excluding carboxylic acids is 2. The van der Waals surface area contributed by atoms with E-state index in [9.17, 15) is 27.7 Å². The van der Waals surface area contributed by atoms with E-state index in [1.54, 1.807) is 0 Å². The highest BCUT2D eigenvalue weighted by Gasteiger charge is 2.44. The van der Waals surface area contributed by atoms with Crippen molar-refractivity contribution >= 4 is 45.2 Å². The van der Waals surface area contributed by atoms with E-state index in [-0.39, 0.29) is 17.7 Å². The van der Waals surface area contributed by atoms with Crippen LogP contribution in [0.3, 0.4) is 0 Å². The van der Waals surface area contributed by atoms with E-state index in [1.165, 1.54) is 15.9 Å². The van der Waals surface area contributed by atoms with Crippen molar-refractivity contribution in [1.82, 2.24) is 0 Å². The lowest BCUT2D eigenvalue weighted by atomic mass is 10.1. The van der Waals surface area contributed by atoms with Gasteiger partial charge in [0.2, 0.25) is 0 Å². The van der Waals surface area contributed by atoms with Gasteiger partial charge in [-0.15, -0.1) is 0 Å². The summed E-state index contributed by atoms with van der Waals surface area (Å²) in [6.07, 6.45) is 0.769. The topological polar surface area (TPSA) is 130 Å². The summed E-state index contributed by atoms with van der Waals surface area (Å²) in [6, 6.07) is 34.6. The summed E-state index contributed by atoms with van der Waals surface area (Å²) in [5.74, 6) is -1.74. The molecule has 4 aromatic carbocycles. The summed E-state index contributed by atoms with van der Waals surface area (Å²) >= 11 is 0. The van der Waals surface area contributed by atoms with Gasteiger partial charge in [-0.1, -0.05) is 54.6 Å². The van der Waals surface area contributed by atoms with Gasteiger partial charge in [0.1, 0.15) is 33.3 Å². The lowest BCUT2D eigenvalue weighted by Gasteiger charge is -2.26. The van der Waals surface area contributed by atoms with Crippen LogP contribution < -0.4 is 15.9 Å². The van der Waals surface area contributed by atoms with E-state index >= 15 is 0 Å². The molecule has 0 aliphatic heterocycles. The third-order valence-corrected chi connectivity index (χ3v) is 11.3. The molecular weight excluding hydrogens is 551 g/mol. The highest BCUT2D eigenvalue weighted by molar-refractivity contribution is 7.95. The van der Waals surface area contributed by atoms with Crippen LogP contribution in [-0.2, 0) is 19.6 Å². The highest BCUT2D eigenvalue weighted by atomic mass is 32.2. The van der Waals surface area contributed by atoms with Crippen molar-refractivity contribution in [2.45, 2.75) is 4.90 Å². The van der Waals surface area contributed by atoms with E-state index in [1.807, 2.05) is 18.2 Å². The predicted molar refractivity (Wildman–Crippen MR) is 154 cm³/mol. The Bertz CT molecular complexity index is 1400. The minimum Gasteiger partial charge on any atom is -0.744 e. The maximum absolute atomic E-state index is 11.3. The molecule has 0 bridgehead atoms. The van der Waals surface area contributed by atoms with Crippen LogP contribution in [0.4, 0.5) is 0 Å². The molecule has 0 amide bonds. The zero-order valence-electron chi connectivity index (χ0n) is 22.0. The van der Waals surface area contributed by atoms with Crippen molar-refractivity contribution in [2.75, 3.05) is 27.0 Å². The van der Waals surface area contributed by atoms with Crippen molar-refractivity contribution in [3.8, 4) is 0 Å². The van der Waals surface area contributed by atoms with Crippen molar-refractivity contribution in [2.24, 2.45) is 0 Å². The largest absolute Gasteiger partial charge is 0.744 e. The van der Waals surface area contributed by atoms with Crippen LogP contribution in [0, 0.1) is 0 Å². The fourth-order valence-electron chi connectivity index (χ4n) is 4.25. The van der Waals surface area contributed by atoms with Crippen molar-refractivity contribution < 1.29 is 37.1 Å². The second kappa shape index (κ2) is 14.0. The lowest BCUT2D eigenvalue weighted by Crippen LogP contribution is -2.34. The SMILES string of the molecule is COC(=O)c1cc(C(=O)OC)cc(S(=O)(=O)[O-])c1.OCC[P+](c1ccccc1)(c1ccccc1)c1ccccc1. The fraction of sp³-hybridized carbons (Fsp3) is 0.133. The van der Waals surface area contributed by atoms with Crippen LogP contribution >= 0.6 is 7.26 Å². The molecule has 1 N–H and O–H groups in total. The number of ether oxygens (including phenoxy) is 2. The Balaban J connectivity index is 0.000000226. The third-order valence-electron chi connectivity index (χ3n) is 6.06. The minimum absolute atomic E-state index is 0.187. The number of carbonyl (C=O) groups is 2. The number of esters is 2. The van der Waals surface area contributed by atoms with Gasteiger partial charge in [0, 0.05) is 0 Å². The minimum atomic E-state index is -4.80. The molecule has 0 aliphatic carbocycles. The first-order valence-electron chi connectivity index (χ1n) is 12.1. The fourth-order valence-corrected chi connectivity index (χ4v) is 8.80. The predicted octanol–water partition coefficient (Wildman–Crippen LogP) is 3.14. The van der Waals surface area contributed by atoms with Crippen LogP contribution in [-0.4, -0.2) is 57.0 Å². The van der Waals surface area contributed by atoms with Crippen LogP contribution in [0.5, 0.6) is 0 Å². The van der Waals surface area contributed by atoms with Crippen molar-refractivity contribution in [3.63, 3.8) is 0 Å². The normalized spacial score (nSPS) is 11.1. The summed E-state index contributed by atoms with van der Waals surface area (Å²) in [5, 5.41) is 13.8. The molecule has 0 aliphatic rings. The van der Waals surface area contributed by atoms with Crippen LogP contribution in [0.15, 0.2) is 114 Å². The standard InChI is InChI=1S/C20H20OP.C10H10O7S/c21-16-17-22(18-10-4-1-5-11-18,19-12-6-2-7-13-19)20-14-8-3-9-15-20;1-16-9(11)6-3-7(10(12)17-2)5-8(4-6)18(13,14)15/h1-15,21H,16-17H2;3-5H,1-2H3,(H,13,14,15)/q+1;/p-1. The Kier molecular flexibility index (Phi) is 10.7. The Labute approximate surface area is 234 Å². The molecule has 8 nitrogen and oxygen atoms in total. The zero-order chi connectivity index (χ0) is 29.2. The molecule has 0 fully saturated rings. The Morgan fingerprint density at radius 2 is 1.05 bits per heavy atom. The Morgan fingerprint density at radius 3 is 1.32 bits per heavy atom. The van der Waals surface area contributed by atoms with Gasteiger partial charge < -0.3 is 19.1 Å². The van der Waals surface area contributed by atoms with Crippen molar-refractivity contribution in [1.29, 1.82) is 0 Å². The van der Waals surface area contributed by atoms with E-state index < -0.39 is 34.2 Å². The molecule has 208 valence electrons. The number of rotatable bonds is 8. The molecule has 10 heteroatoms. The highest BCUT2D eigenvalue weighted by Crippen LogP contribution is 2.54. The Hall–Kier alpha value is -3.88. The van der Waals surface area contributed by atoms with E-state index in [4.69, 9.17) is 0 Å². The second-order valence-corrected chi connectivity index (χ2v) is 13.4. The number of methoxy groups -OCH3 is 2. The first-order valence-corrected chi connectivity index (χ1v) is 15.5. The monoisotopic (exact) mass is 580 g/mol. The molecule has 0 spiro atoms. The number of hydrogen-bond acceptors (Lipinski definition) is 8. The van der Waals surface area contributed by atoms with Gasteiger partial charge in [0.15, 0.2) is 0 Å². The van der Waals surface area contributed by atoms with Gasteiger partial charge in [0.25, 0.3) is 0 Å². The summed E-state index contributed by atoms with van der Waals surface area (Å²) in [5.41, 5.74) is -0.454. The van der Waals surface area contributed by atoms with Crippen LogP contribution in [0.25, 0.3) is 0 Å². The molecule has 0 unspecified atom stereocenters. The number of hydrogen-bond donors (Lipinski definition) is 1. The van der Waals surface area contributed by atoms with Gasteiger partial charge in [-0.2, -0.15) is 0 Å². The van der Waals surface area contributed by atoms with Crippen LogP contribution in [0.1, 0.15) is 20.7 Å².